The molecule has 0 aliphatic heterocycles. The van der Waals surface area contributed by atoms with E-state index >= 15 is 0 Å². The van der Waals surface area contributed by atoms with E-state index in [4.69, 9.17) is 0 Å². The smallest absolute Gasteiger partial charge is 0.186 e. The lowest BCUT2D eigenvalue weighted by atomic mass is 9.71. The summed E-state index contributed by atoms with van der Waals surface area (Å²) in [6, 6.07) is 3.46. The van der Waals surface area contributed by atoms with Gasteiger partial charge in [-0.1, -0.05) is 12.2 Å². The SMILES string of the molecule is O=C1c2cccnc2C(=O)[C@H]2[C@@H]1[C@H]1C=C[C@@H]2C1. The van der Waals surface area contributed by atoms with Crippen molar-refractivity contribution in [3.63, 3.8) is 0 Å². The predicted molar refractivity (Wildman–Crippen MR) is 60.6 cm³/mol. The quantitative estimate of drug-likeness (QED) is 0.633. The van der Waals surface area contributed by atoms with Gasteiger partial charge in [0.05, 0.1) is 0 Å². The molecular formula is C14H11NO2. The molecule has 3 aliphatic carbocycles. The first kappa shape index (κ1) is 9.28. The molecule has 3 aliphatic rings. The lowest BCUT2D eigenvalue weighted by Gasteiger charge is -2.30. The fourth-order valence-electron chi connectivity index (χ4n) is 3.68. The van der Waals surface area contributed by atoms with Crippen molar-refractivity contribution >= 4 is 11.6 Å². The first-order valence-corrected chi connectivity index (χ1v) is 5.99. The van der Waals surface area contributed by atoms with Gasteiger partial charge in [-0.15, -0.1) is 0 Å². The average Bonchev–Trinajstić information content (AvgIpc) is 2.96. The summed E-state index contributed by atoms with van der Waals surface area (Å²) < 4.78 is 0. The van der Waals surface area contributed by atoms with Crippen LogP contribution in [0.3, 0.4) is 0 Å². The van der Waals surface area contributed by atoms with Gasteiger partial charge in [-0.05, 0) is 30.4 Å². The molecule has 17 heavy (non-hydrogen) atoms. The molecule has 3 heteroatoms. The van der Waals surface area contributed by atoms with Crippen molar-refractivity contribution in [3.05, 3.63) is 41.7 Å². The largest absolute Gasteiger partial charge is 0.294 e. The third kappa shape index (κ3) is 0.996. The molecule has 0 N–H and O–H groups in total. The summed E-state index contributed by atoms with van der Waals surface area (Å²) >= 11 is 0. The van der Waals surface area contributed by atoms with E-state index in [1.807, 2.05) is 0 Å². The van der Waals surface area contributed by atoms with Crippen LogP contribution in [0.25, 0.3) is 0 Å². The van der Waals surface area contributed by atoms with E-state index in [-0.39, 0.29) is 35.2 Å². The molecule has 0 saturated heterocycles. The van der Waals surface area contributed by atoms with E-state index in [0.29, 0.717) is 11.3 Å². The summed E-state index contributed by atoms with van der Waals surface area (Å²) in [6.07, 6.45) is 6.76. The van der Waals surface area contributed by atoms with Crippen LogP contribution in [0.15, 0.2) is 30.5 Å². The highest BCUT2D eigenvalue weighted by atomic mass is 16.1. The Morgan fingerprint density at radius 3 is 2.53 bits per heavy atom. The van der Waals surface area contributed by atoms with Crippen molar-refractivity contribution < 1.29 is 9.59 Å². The van der Waals surface area contributed by atoms with Crippen LogP contribution in [0.1, 0.15) is 27.3 Å². The number of nitrogens with zero attached hydrogens (tertiary/aromatic N) is 1. The van der Waals surface area contributed by atoms with Crippen molar-refractivity contribution in [1.82, 2.24) is 4.98 Å². The number of carbonyl (C=O) groups is 2. The summed E-state index contributed by atoms with van der Waals surface area (Å²) in [5.41, 5.74) is 0.916. The minimum atomic E-state index is -0.139. The zero-order valence-electron chi connectivity index (χ0n) is 9.17. The van der Waals surface area contributed by atoms with Crippen LogP contribution in [-0.4, -0.2) is 16.6 Å². The van der Waals surface area contributed by atoms with E-state index in [9.17, 15) is 9.59 Å². The van der Waals surface area contributed by atoms with Crippen molar-refractivity contribution in [1.29, 1.82) is 0 Å². The average molecular weight is 225 g/mol. The highest BCUT2D eigenvalue weighted by Gasteiger charge is 2.54. The number of allylic oxidation sites excluding steroid dienone is 2. The second kappa shape index (κ2) is 2.92. The molecule has 1 aromatic rings. The molecule has 84 valence electrons. The predicted octanol–water partition coefficient (Wildman–Crippen LogP) is 1.90. The summed E-state index contributed by atoms with van der Waals surface area (Å²) in [7, 11) is 0. The van der Waals surface area contributed by atoms with Crippen LogP contribution in [0.4, 0.5) is 0 Å². The maximum Gasteiger partial charge on any atom is 0.186 e. The highest BCUT2D eigenvalue weighted by Crippen LogP contribution is 2.52. The Labute approximate surface area is 98.6 Å². The molecule has 4 atom stereocenters. The van der Waals surface area contributed by atoms with Gasteiger partial charge in [-0.25, -0.2) is 0 Å². The second-order valence-corrected chi connectivity index (χ2v) is 5.13. The number of rotatable bonds is 0. The standard InChI is InChI=1S/C14H11NO2/c16-13-9-2-1-5-15-12(9)14(17)11-8-4-3-7(6-8)10(11)13/h1-5,7-8,10-11H,6H2/t7-,8+,10-,11+/m0/s1. The number of pyridine rings is 1. The Morgan fingerprint density at radius 2 is 1.76 bits per heavy atom. The maximum atomic E-state index is 12.4. The first-order chi connectivity index (χ1) is 8.27. The van der Waals surface area contributed by atoms with Crippen LogP contribution in [0.5, 0.6) is 0 Å². The molecule has 1 fully saturated rings. The fraction of sp³-hybridized carbons (Fsp3) is 0.357. The van der Waals surface area contributed by atoms with Gasteiger partial charge in [-0.3, -0.25) is 14.6 Å². The summed E-state index contributed by atoms with van der Waals surface area (Å²) in [4.78, 5) is 28.9. The second-order valence-electron chi connectivity index (χ2n) is 5.13. The number of ketones is 2. The van der Waals surface area contributed by atoms with Crippen molar-refractivity contribution in [2.75, 3.05) is 0 Å². The number of fused-ring (bicyclic) bond motifs is 6. The molecule has 0 aromatic carbocycles. The van der Waals surface area contributed by atoms with Gasteiger partial charge in [0.15, 0.2) is 11.6 Å². The van der Waals surface area contributed by atoms with E-state index < -0.39 is 0 Å². The molecule has 0 amide bonds. The molecule has 4 rings (SSSR count). The van der Waals surface area contributed by atoms with Crippen molar-refractivity contribution in [2.24, 2.45) is 23.7 Å². The minimum absolute atomic E-state index is 0.0713. The Bertz CT molecular complexity index is 526. The number of Topliss-reactive ketones (excluding diaryl/α,β-unsaturated/α-hetero) is 2. The normalized spacial score (nSPS) is 37.2. The number of hydrogen-bond donors (Lipinski definition) is 0. The van der Waals surface area contributed by atoms with Gasteiger partial charge < -0.3 is 0 Å². The van der Waals surface area contributed by atoms with E-state index in [2.05, 4.69) is 17.1 Å². The maximum absolute atomic E-state index is 12.4. The number of hydrogen-bond acceptors (Lipinski definition) is 3. The lowest BCUT2D eigenvalue weighted by Crippen LogP contribution is -2.39. The first-order valence-electron chi connectivity index (χ1n) is 5.99. The third-order valence-corrected chi connectivity index (χ3v) is 4.37. The van der Waals surface area contributed by atoms with Crippen LogP contribution in [0.2, 0.25) is 0 Å². The van der Waals surface area contributed by atoms with Gasteiger partial charge >= 0.3 is 0 Å². The molecule has 0 spiro atoms. The lowest BCUT2D eigenvalue weighted by molar-refractivity contribution is 0.0716. The Balaban J connectivity index is 1.94. The van der Waals surface area contributed by atoms with Gasteiger partial charge in [0.2, 0.25) is 0 Å². The molecule has 2 bridgehead atoms. The molecule has 1 aromatic heterocycles. The van der Waals surface area contributed by atoms with Crippen LogP contribution in [0, 0.1) is 23.7 Å². The molecule has 0 radical (unpaired) electrons. The molecule has 1 saturated carbocycles. The summed E-state index contributed by atoms with van der Waals surface area (Å²) in [5, 5.41) is 0. The van der Waals surface area contributed by atoms with Gasteiger partial charge in [0.25, 0.3) is 0 Å². The van der Waals surface area contributed by atoms with Gasteiger partial charge in [-0.2, -0.15) is 0 Å². The minimum Gasteiger partial charge on any atom is -0.294 e. The third-order valence-electron chi connectivity index (χ3n) is 4.37. The molecule has 3 nitrogen and oxygen atoms in total. The van der Waals surface area contributed by atoms with Crippen molar-refractivity contribution in [2.45, 2.75) is 6.42 Å². The molecule has 1 heterocycles. The van der Waals surface area contributed by atoms with E-state index in [1.165, 1.54) is 0 Å². The topological polar surface area (TPSA) is 47.0 Å². The van der Waals surface area contributed by atoms with E-state index in [1.54, 1.807) is 18.3 Å². The fourth-order valence-corrected chi connectivity index (χ4v) is 3.68. The van der Waals surface area contributed by atoms with Crippen LogP contribution < -0.4 is 0 Å². The molecular weight excluding hydrogens is 214 g/mol. The summed E-state index contributed by atoms with van der Waals surface area (Å²) in [6.45, 7) is 0. The van der Waals surface area contributed by atoms with Crippen molar-refractivity contribution in [3.8, 4) is 0 Å². The Hall–Kier alpha value is -1.77. The Kier molecular flexibility index (Phi) is 1.59. The van der Waals surface area contributed by atoms with Gasteiger partial charge in [0.1, 0.15) is 5.69 Å². The number of aromatic nitrogens is 1. The monoisotopic (exact) mass is 225 g/mol. The number of carbonyl (C=O) groups excluding carboxylic acids is 2. The van der Waals surface area contributed by atoms with Crippen LogP contribution in [-0.2, 0) is 0 Å². The highest BCUT2D eigenvalue weighted by molar-refractivity contribution is 6.15. The Morgan fingerprint density at radius 1 is 1.06 bits per heavy atom. The zero-order chi connectivity index (χ0) is 11.6. The van der Waals surface area contributed by atoms with Gasteiger partial charge in [0, 0.05) is 23.6 Å². The zero-order valence-corrected chi connectivity index (χ0v) is 9.17. The molecule has 0 unspecified atom stereocenters. The summed E-state index contributed by atoms with van der Waals surface area (Å²) in [5.74, 6) is 0.470. The van der Waals surface area contributed by atoms with Crippen LogP contribution >= 0.6 is 0 Å². The van der Waals surface area contributed by atoms with E-state index in [0.717, 1.165) is 6.42 Å².